The van der Waals surface area contributed by atoms with E-state index in [0.717, 1.165) is 57.7 Å². The Balaban J connectivity index is 1.15. The molecule has 8 aromatic rings. The molecule has 0 fully saturated rings. The van der Waals surface area contributed by atoms with E-state index >= 15 is 0 Å². The number of rotatable bonds is 4. The fourth-order valence-electron chi connectivity index (χ4n) is 7.56. The highest BCUT2D eigenvalue weighted by atomic mass is 15.0. The molecule has 0 unspecified atom stereocenters. The van der Waals surface area contributed by atoms with E-state index in [-0.39, 0.29) is 0 Å². The van der Waals surface area contributed by atoms with E-state index in [0.29, 0.717) is 11.1 Å². The van der Waals surface area contributed by atoms with Gasteiger partial charge in [-0.25, -0.2) is 0 Å². The van der Waals surface area contributed by atoms with Gasteiger partial charge in [-0.3, -0.25) is 0 Å². The Labute approximate surface area is 278 Å². The lowest BCUT2D eigenvalue weighted by molar-refractivity contribution is 0.967. The van der Waals surface area contributed by atoms with Gasteiger partial charge < -0.3 is 9.13 Å². The van der Waals surface area contributed by atoms with Crippen molar-refractivity contribution < 1.29 is 0 Å². The Hall–Kier alpha value is -6.62. The zero-order valence-electron chi connectivity index (χ0n) is 26.1. The molecule has 0 spiro atoms. The van der Waals surface area contributed by atoms with Crippen LogP contribution >= 0.6 is 0 Å². The molecular weight excluding hydrogens is 585 g/mol. The minimum absolute atomic E-state index is 0.538. The molecule has 0 saturated carbocycles. The molecule has 9 rings (SSSR count). The third-order valence-electron chi connectivity index (χ3n) is 9.71. The van der Waals surface area contributed by atoms with Crippen LogP contribution in [0.5, 0.6) is 0 Å². The summed E-state index contributed by atoms with van der Waals surface area (Å²) < 4.78 is 4.51. The number of aromatic nitrogens is 2. The minimum atomic E-state index is 0.538. The number of hydrogen-bond donors (Lipinski definition) is 0. The second-order valence-electron chi connectivity index (χ2n) is 12.3. The van der Waals surface area contributed by atoms with Gasteiger partial charge >= 0.3 is 0 Å². The van der Waals surface area contributed by atoms with Crippen LogP contribution in [0.15, 0.2) is 140 Å². The van der Waals surface area contributed by atoms with Crippen molar-refractivity contribution in [3.8, 4) is 45.8 Å². The molecule has 2 heterocycles. The number of para-hydroxylation sites is 3. The molecule has 224 valence electrons. The summed E-state index contributed by atoms with van der Waals surface area (Å²) in [7, 11) is 0. The third-order valence-corrected chi connectivity index (χ3v) is 9.71. The quantitative estimate of drug-likeness (QED) is 0.199. The summed E-state index contributed by atoms with van der Waals surface area (Å²) in [5.41, 5.74) is 12.6. The number of allylic oxidation sites excluding steroid dienone is 1. The van der Waals surface area contributed by atoms with Gasteiger partial charge in [0.15, 0.2) is 0 Å². The topological polar surface area (TPSA) is 57.4 Å². The van der Waals surface area contributed by atoms with Crippen LogP contribution in [0, 0.1) is 22.7 Å². The van der Waals surface area contributed by atoms with Crippen LogP contribution in [-0.2, 0) is 6.42 Å². The van der Waals surface area contributed by atoms with Crippen molar-refractivity contribution in [3.05, 3.63) is 162 Å². The lowest BCUT2D eigenvalue weighted by Gasteiger charge is -2.19. The molecule has 48 heavy (non-hydrogen) atoms. The molecule has 1 aliphatic rings. The van der Waals surface area contributed by atoms with Crippen molar-refractivity contribution >= 4 is 38.8 Å². The first-order valence-electron chi connectivity index (χ1n) is 16.2. The predicted octanol–water partition coefficient (Wildman–Crippen LogP) is 10.8. The molecule has 0 aliphatic heterocycles. The third kappa shape index (κ3) is 4.14. The van der Waals surface area contributed by atoms with Gasteiger partial charge in [-0.1, -0.05) is 97.1 Å². The van der Waals surface area contributed by atoms with Crippen molar-refractivity contribution in [1.29, 1.82) is 10.5 Å². The molecule has 0 radical (unpaired) electrons. The Morgan fingerprint density at radius 2 is 1.02 bits per heavy atom. The predicted molar refractivity (Wildman–Crippen MR) is 195 cm³/mol. The number of aryl methyl sites for hydroxylation is 1. The van der Waals surface area contributed by atoms with E-state index in [1.54, 1.807) is 12.1 Å². The van der Waals surface area contributed by atoms with E-state index in [1.807, 2.05) is 6.07 Å². The Kier molecular flexibility index (Phi) is 6.35. The van der Waals surface area contributed by atoms with Gasteiger partial charge in [-0.05, 0) is 83.6 Å². The van der Waals surface area contributed by atoms with Crippen LogP contribution in [0.3, 0.4) is 0 Å². The summed E-state index contributed by atoms with van der Waals surface area (Å²) in [6, 6.07) is 50.9. The summed E-state index contributed by atoms with van der Waals surface area (Å²) >= 11 is 0. The standard InChI is InChI=1S/C44H28N4/c45-27-32-21-22-33(28-46)44(48-41-15-7-3-11-37(41)38-12-4-8-16-42(38)48)43(32)31-19-17-29(18-20-31)30-23-25-34(26-24-30)47-39-13-5-1-9-35(39)36-10-2-6-14-40(36)47/h1-3,5-11,13-26H,4,12H2. The fourth-order valence-corrected chi connectivity index (χ4v) is 7.56. The van der Waals surface area contributed by atoms with Gasteiger partial charge in [0.25, 0.3) is 0 Å². The van der Waals surface area contributed by atoms with Crippen molar-refractivity contribution in [3.63, 3.8) is 0 Å². The molecule has 0 saturated heterocycles. The van der Waals surface area contributed by atoms with Crippen molar-refractivity contribution in [2.24, 2.45) is 0 Å². The molecule has 0 N–H and O–H groups in total. The minimum Gasteiger partial charge on any atom is -0.309 e. The molecular formula is C44H28N4. The van der Waals surface area contributed by atoms with Crippen molar-refractivity contribution in [2.45, 2.75) is 12.8 Å². The molecule has 2 aromatic heterocycles. The summed E-state index contributed by atoms with van der Waals surface area (Å²) in [5.74, 6) is 0. The molecule has 6 aromatic carbocycles. The lowest BCUT2D eigenvalue weighted by atomic mass is 9.93. The Bertz CT molecular complexity index is 2620. The first kappa shape index (κ1) is 27.7. The fraction of sp³-hybridized carbons (Fsp3) is 0.0455. The van der Waals surface area contributed by atoms with Crippen LogP contribution in [0.25, 0.3) is 72.4 Å². The summed E-state index contributed by atoms with van der Waals surface area (Å²) in [6.45, 7) is 0. The average Bonchev–Trinajstić information content (AvgIpc) is 3.67. The first-order chi connectivity index (χ1) is 23.7. The highest BCUT2D eigenvalue weighted by Crippen LogP contribution is 2.41. The summed E-state index contributed by atoms with van der Waals surface area (Å²) in [4.78, 5) is 0. The summed E-state index contributed by atoms with van der Waals surface area (Å²) in [5, 5.41) is 24.4. The van der Waals surface area contributed by atoms with Crippen molar-refractivity contribution in [1.82, 2.24) is 9.13 Å². The monoisotopic (exact) mass is 612 g/mol. The van der Waals surface area contributed by atoms with Crippen molar-refractivity contribution in [2.75, 3.05) is 0 Å². The molecule has 0 atom stereocenters. The maximum Gasteiger partial charge on any atom is 0.101 e. The van der Waals surface area contributed by atoms with Crippen LogP contribution < -0.4 is 0 Å². The van der Waals surface area contributed by atoms with E-state index in [4.69, 9.17) is 0 Å². The Morgan fingerprint density at radius 1 is 0.500 bits per heavy atom. The molecule has 4 heteroatoms. The largest absolute Gasteiger partial charge is 0.309 e. The van der Waals surface area contributed by atoms with Crippen LogP contribution in [0.4, 0.5) is 0 Å². The maximum absolute atomic E-state index is 10.4. The molecule has 1 aliphatic carbocycles. The first-order valence-corrected chi connectivity index (χ1v) is 16.2. The summed E-state index contributed by atoms with van der Waals surface area (Å²) in [6.07, 6.45) is 6.28. The number of hydrogen-bond acceptors (Lipinski definition) is 2. The van der Waals surface area contributed by atoms with Gasteiger partial charge in [0.2, 0.25) is 0 Å². The zero-order valence-corrected chi connectivity index (χ0v) is 26.1. The van der Waals surface area contributed by atoms with Crippen LogP contribution in [-0.4, -0.2) is 9.13 Å². The van der Waals surface area contributed by atoms with Gasteiger partial charge in [-0.2, -0.15) is 10.5 Å². The number of fused-ring (bicyclic) bond motifs is 6. The maximum atomic E-state index is 10.4. The van der Waals surface area contributed by atoms with Gasteiger partial charge in [0.05, 0.1) is 39.4 Å². The molecule has 0 amide bonds. The normalized spacial score (nSPS) is 12.3. The van der Waals surface area contributed by atoms with E-state index in [9.17, 15) is 10.5 Å². The van der Waals surface area contributed by atoms with Crippen LogP contribution in [0.2, 0.25) is 0 Å². The number of benzene rings is 6. The smallest absolute Gasteiger partial charge is 0.101 e. The van der Waals surface area contributed by atoms with Gasteiger partial charge in [-0.15, -0.1) is 0 Å². The highest BCUT2D eigenvalue weighted by Gasteiger charge is 2.24. The SMILES string of the molecule is N#Cc1ccc(C#N)c(-n2c3c(c4ccccc42)CCC=C3)c1-c1ccc(-c2ccc(-n3c4ccccc4c4ccccc43)cc2)cc1. The number of nitrogens with zero attached hydrogens (tertiary/aromatic N) is 4. The van der Waals surface area contributed by atoms with Gasteiger partial charge in [0.1, 0.15) is 6.07 Å². The second-order valence-corrected chi connectivity index (χ2v) is 12.3. The zero-order chi connectivity index (χ0) is 32.2. The van der Waals surface area contributed by atoms with E-state index in [2.05, 4.69) is 149 Å². The van der Waals surface area contributed by atoms with E-state index in [1.165, 1.54) is 32.8 Å². The molecule has 4 nitrogen and oxygen atoms in total. The lowest BCUT2D eigenvalue weighted by Crippen LogP contribution is -2.06. The molecule has 0 bridgehead atoms. The van der Waals surface area contributed by atoms with E-state index < -0.39 is 0 Å². The Morgan fingerprint density at radius 3 is 1.65 bits per heavy atom. The van der Waals surface area contributed by atoms with Gasteiger partial charge in [0, 0.05) is 33.1 Å². The average molecular weight is 613 g/mol. The highest BCUT2D eigenvalue weighted by molar-refractivity contribution is 6.09. The number of nitriles is 2. The van der Waals surface area contributed by atoms with Crippen LogP contribution in [0.1, 0.15) is 28.8 Å². The second kappa shape index (κ2) is 11.0.